The Morgan fingerprint density at radius 2 is 1.71 bits per heavy atom. The van der Waals surface area contributed by atoms with E-state index < -0.39 is 6.10 Å². The van der Waals surface area contributed by atoms with Gasteiger partial charge in [0.15, 0.2) is 0 Å². The van der Waals surface area contributed by atoms with Crippen molar-refractivity contribution in [2.45, 2.75) is 31.9 Å². The van der Waals surface area contributed by atoms with Gasteiger partial charge in [-0.05, 0) is 25.0 Å². The number of likely N-dealkylation sites (tertiary alicyclic amines) is 1. The highest BCUT2D eigenvalue weighted by atomic mass is 16.5. The number of nitrogens with one attached hydrogen (secondary N) is 1. The Balaban J connectivity index is 2.14. The molecular formula is C17H24N2O5. The zero-order valence-corrected chi connectivity index (χ0v) is 14.2. The molecule has 0 aliphatic carbocycles. The Morgan fingerprint density at radius 1 is 1.12 bits per heavy atom. The highest BCUT2D eigenvalue weighted by Gasteiger charge is 2.28. The number of aliphatic hydroxyl groups is 1. The fourth-order valence-corrected chi connectivity index (χ4v) is 2.83. The SMILES string of the molecule is COc1cc(OC)cc(C(=O)N2CC[C@H](NC(C)=O)[C@@H](O)CC2)c1. The van der Waals surface area contributed by atoms with Crippen LogP contribution in [0, 0.1) is 0 Å². The van der Waals surface area contributed by atoms with Crippen LogP contribution < -0.4 is 14.8 Å². The maximum Gasteiger partial charge on any atom is 0.254 e. The Hall–Kier alpha value is -2.28. The van der Waals surface area contributed by atoms with Gasteiger partial charge in [0, 0.05) is 31.6 Å². The second kappa shape index (κ2) is 8.01. The number of ether oxygens (including phenoxy) is 2. The number of carbonyl (C=O) groups is 2. The molecule has 132 valence electrons. The Kier molecular flexibility index (Phi) is 6.03. The molecule has 1 aromatic rings. The molecule has 7 nitrogen and oxygen atoms in total. The van der Waals surface area contributed by atoms with E-state index in [2.05, 4.69) is 5.32 Å². The normalized spacial score (nSPS) is 20.9. The van der Waals surface area contributed by atoms with Gasteiger partial charge < -0.3 is 24.8 Å². The number of aliphatic hydroxyl groups excluding tert-OH is 1. The van der Waals surface area contributed by atoms with Crippen molar-refractivity contribution in [1.82, 2.24) is 10.2 Å². The summed E-state index contributed by atoms with van der Waals surface area (Å²) in [6.45, 7) is 2.30. The zero-order valence-electron chi connectivity index (χ0n) is 14.2. The van der Waals surface area contributed by atoms with Gasteiger partial charge in [-0.1, -0.05) is 0 Å². The molecule has 2 atom stereocenters. The van der Waals surface area contributed by atoms with Crippen LogP contribution in [0.3, 0.4) is 0 Å². The molecule has 2 rings (SSSR count). The van der Waals surface area contributed by atoms with Crippen LogP contribution in [-0.4, -0.2) is 61.3 Å². The van der Waals surface area contributed by atoms with E-state index in [9.17, 15) is 14.7 Å². The predicted octanol–water partition coefficient (Wildman–Crippen LogP) is 0.805. The Bertz CT molecular complexity index is 582. The van der Waals surface area contributed by atoms with Gasteiger partial charge in [0.2, 0.25) is 5.91 Å². The van der Waals surface area contributed by atoms with Gasteiger partial charge in [-0.25, -0.2) is 0 Å². The van der Waals surface area contributed by atoms with E-state index in [1.165, 1.54) is 21.1 Å². The number of hydrogen-bond donors (Lipinski definition) is 2. The first kappa shape index (κ1) is 18.1. The lowest BCUT2D eigenvalue weighted by atomic mass is 10.1. The molecular weight excluding hydrogens is 312 g/mol. The maximum absolute atomic E-state index is 12.8. The fourth-order valence-electron chi connectivity index (χ4n) is 2.83. The van der Waals surface area contributed by atoms with Gasteiger partial charge in [0.1, 0.15) is 11.5 Å². The number of benzene rings is 1. The first-order valence-corrected chi connectivity index (χ1v) is 7.92. The van der Waals surface area contributed by atoms with E-state index in [0.717, 1.165) is 0 Å². The first-order valence-electron chi connectivity index (χ1n) is 7.92. The van der Waals surface area contributed by atoms with Crippen molar-refractivity contribution in [2.24, 2.45) is 0 Å². The van der Waals surface area contributed by atoms with E-state index >= 15 is 0 Å². The quantitative estimate of drug-likeness (QED) is 0.849. The van der Waals surface area contributed by atoms with Crippen molar-refractivity contribution in [3.05, 3.63) is 23.8 Å². The maximum atomic E-state index is 12.8. The lowest BCUT2D eigenvalue weighted by Gasteiger charge is -2.21. The molecule has 7 heteroatoms. The number of hydrogen-bond acceptors (Lipinski definition) is 5. The van der Waals surface area contributed by atoms with Crippen LogP contribution in [0.2, 0.25) is 0 Å². The molecule has 1 saturated heterocycles. The molecule has 0 bridgehead atoms. The minimum absolute atomic E-state index is 0.150. The van der Waals surface area contributed by atoms with Crippen molar-refractivity contribution in [2.75, 3.05) is 27.3 Å². The van der Waals surface area contributed by atoms with Gasteiger partial charge >= 0.3 is 0 Å². The van der Waals surface area contributed by atoms with Crippen LogP contribution in [0.1, 0.15) is 30.1 Å². The van der Waals surface area contributed by atoms with Crippen molar-refractivity contribution >= 4 is 11.8 Å². The summed E-state index contributed by atoms with van der Waals surface area (Å²) < 4.78 is 10.4. The molecule has 0 saturated carbocycles. The number of nitrogens with zero attached hydrogens (tertiary/aromatic N) is 1. The van der Waals surface area contributed by atoms with Gasteiger partial charge in [-0.15, -0.1) is 0 Å². The summed E-state index contributed by atoms with van der Waals surface area (Å²) in [6, 6.07) is 4.70. The summed E-state index contributed by atoms with van der Waals surface area (Å²) in [4.78, 5) is 25.7. The first-order chi connectivity index (χ1) is 11.4. The molecule has 0 radical (unpaired) electrons. The van der Waals surface area contributed by atoms with E-state index in [0.29, 0.717) is 43.0 Å². The third kappa shape index (κ3) is 4.38. The molecule has 0 aromatic heterocycles. The summed E-state index contributed by atoms with van der Waals surface area (Å²) in [5.41, 5.74) is 0.471. The van der Waals surface area contributed by atoms with Crippen molar-refractivity contribution in [3.8, 4) is 11.5 Å². The molecule has 1 aromatic carbocycles. The van der Waals surface area contributed by atoms with Gasteiger partial charge in [-0.3, -0.25) is 9.59 Å². The van der Waals surface area contributed by atoms with Crippen molar-refractivity contribution in [3.63, 3.8) is 0 Å². The highest BCUT2D eigenvalue weighted by Crippen LogP contribution is 2.24. The molecule has 1 aliphatic heterocycles. The van der Waals surface area contributed by atoms with Gasteiger partial charge in [0.05, 0.1) is 26.4 Å². The number of carbonyl (C=O) groups excluding carboxylic acids is 2. The van der Waals surface area contributed by atoms with Crippen LogP contribution in [0.25, 0.3) is 0 Å². The molecule has 1 fully saturated rings. The van der Waals surface area contributed by atoms with Crippen LogP contribution >= 0.6 is 0 Å². The van der Waals surface area contributed by atoms with Crippen LogP contribution in [0.5, 0.6) is 11.5 Å². The molecule has 0 spiro atoms. The molecule has 0 unspecified atom stereocenters. The van der Waals surface area contributed by atoms with E-state index in [1.807, 2.05) is 0 Å². The van der Waals surface area contributed by atoms with Crippen molar-refractivity contribution in [1.29, 1.82) is 0 Å². The number of amides is 2. The highest BCUT2D eigenvalue weighted by molar-refractivity contribution is 5.95. The molecule has 1 aliphatic rings. The summed E-state index contributed by atoms with van der Waals surface area (Å²) in [6.07, 6.45) is 0.261. The summed E-state index contributed by atoms with van der Waals surface area (Å²) in [5.74, 6) is 0.756. The average Bonchev–Trinajstić information content (AvgIpc) is 2.75. The second-order valence-corrected chi connectivity index (χ2v) is 5.85. The predicted molar refractivity (Wildman–Crippen MR) is 88.3 cm³/mol. The largest absolute Gasteiger partial charge is 0.497 e. The van der Waals surface area contributed by atoms with Gasteiger partial charge in [-0.2, -0.15) is 0 Å². The lowest BCUT2D eigenvalue weighted by Crippen LogP contribution is -2.42. The third-order valence-electron chi connectivity index (χ3n) is 4.14. The molecule has 24 heavy (non-hydrogen) atoms. The van der Waals surface area contributed by atoms with Gasteiger partial charge in [0.25, 0.3) is 5.91 Å². The van der Waals surface area contributed by atoms with Crippen molar-refractivity contribution < 1.29 is 24.2 Å². The minimum atomic E-state index is -0.661. The fraction of sp³-hybridized carbons (Fsp3) is 0.529. The monoisotopic (exact) mass is 336 g/mol. The summed E-state index contributed by atoms with van der Waals surface area (Å²) in [5, 5.41) is 12.9. The van der Waals surface area contributed by atoms with E-state index in [-0.39, 0.29) is 17.9 Å². The zero-order chi connectivity index (χ0) is 17.7. The van der Waals surface area contributed by atoms with Crippen LogP contribution in [0.4, 0.5) is 0 Å². The topological polar surface area (TPSA) is 88.1 Å². The molecule has 2 N–H and O–H groups in total. The molecule has 2 amide bonds. The minimum Gasteiger partial charge on any atom is -0.497 e. The smallest absolute Gasteiger partial charge is 0.254 e. The van der Waals surface area contributed by atoms with Crippen LogP contribution in [-0.2, 0) is 4.79 Å². The summed E-state index contributed by atoms with van der Waals surface area (Å²) in [7, 11) is 3.06. The Morgan fingerprint density at radius 3 is 2.25 bits per heavy atom. The molecule has 1 heterocycles. The lowest BCUT2D eigenvalue weighted by molar-refractivity contribution is -0.120. The Labute approximate surface area is 141 Å². The van der Waals surface area contributed by atoms with E-state index in [4.69, 9.17) is 9.47 Å². The summed E-state index contributed by atoms with van der Waals surface area (Å²) >= 11 is 0. The van der Waals surface area contributed by atoms with E-state index in [1.54, 1.807) is 23.1 Å². The average molecular weight is 336 g/mol. The second-order valence-electron chi connectivity index (χ2n) is 5.85. The van der Waals surface area contributed by atoms with Crippen LogP contribution in [0.15, 0.2) is 18.2 Å². The number of rotatable bonds is 4. The number of methoxy groups -OCH3 is 2. The standard InChI is InChI=1S/C17H24N2O5/c1-11(20)18-15-4-6-19(7-5-16(15)21)17(22)12-8-13(23-2)10-14(9-12)24-3/h8-10,15-16,21H,4-7H2,1-3H3,(H,18,20)/t15-,16-/m0/s1. The third-order valence-corrected chi connectivity index (χ3v) is 4.14.